The van der Waals surface area contributed by atoms with E-state index < -0.39 is 11.6 Å². The minimum absolute atomic E-state index is 0.224. The molecule has 1 heterocycles. The van der Waals surface area contributed by atoms with Gasteiger partial charge in [0.1, 0.15) is 6.10 Å². The summed E-state index contributed by atoms with van der Waals surface area (Å²) in [7, 11) is 0. The lowest BCUT2D eigenvalue weighted by Gasteiger charge is -2.43. The number of esters is 1. The lowest BCUT2D eigenvalue weighted by Crippen LogP contribution is -2.56. The zero-order chi connectivity index (χ0) is 19.6. The number of nitrogens with one attached hydrogen (secondary N) is 1. The second kappa shape index (κ2) is 7.86. The average Bonchev–Trinajstić information content (AvgIpc) is 2.91. The van der Waals surface area contributed by atoms with Crippen molar-refractivity contribution in [2.24, 2.45) is 0 Å². The molecule has 1 amide bonds. The molecule has 1 unspecified atom stereocenters. The maximum Gasteiger partial charge on any atom is 0.303 e. The van der Waals surface area contributed by atoms with E-state index in [0.29, 0.717) is 6.54 Å². The fourth-order valence-electron chi connectivity index (χ4n) is 5.55. The average molecular weight is 385 g/mol. The molecule has 1 N–H and O–H groups in total. The van der Waals surface area contributed by atoms with Crippen LogP contribution in [-0.4, -0.2) is 34.5 Å². The number of carbonyl (C=O) groups excluding carboxylic acids is 2. The first-order valence-corrected chi connectivity index (χ1v) is 10.9. The molecule has 152 valence electrons. The Kier molecular flexibility index (Phi) is 5.46. The zero-order valence-corrected chi connectivity index (χ0v) is 16.9. The summed E-state index contributed by atoms with van der Waals surface area (Å²) in [5.74, 6) is -0.0827. The third-order valence-corrected chi connectivity index (χ3v) is 6.86. The van der Waals surface area contributed by atoms with Gasteiger partial charge in [-0.1, -0.05) is 56.0 Å². The second-order valence-electron chi connectivity index (χ2n) is 8.78. The highest BCUT2D eigenvalue weighted by atomic mass is 16.5. The first-order valence-electron chi connectivity index (χ1n) is 10.9. The molecule has 2 saturated carbocycles. The largest absolute Gasteiger partial charge is 0.456 e. The smallest absolute Gasteiger partial charge is 0.303 e. The first kappa shape index (κ1) is 19.4. The molecule has 1 atom stereocenters. The molecule has 2 aliphatic carbocycles. The summed E-state index contributed by atoms with van der Waals surface area (Å²) >= 11 is 0. The van der Waals surface area contributed by atoms with Gasteiger partial charge in [0.25, 0.3) is 0 Å². The van der Waals surface area contributed by atoms with Crippen molar-refractivity contribution in [3.8, 4) is 0 Å². The van der Waals surface area contributed by atoms with Crippen molar-refractivity contribution in [1.82, 2.24) is 10.2 Å². The normalized spacial score (nSPS) is 24.5. The summed E-state index contributed by atoms with van der Waals surface area (Å²) in [6, 6.07) is 9.82. The molecule has 0 aromatic heterocycles. The Labute approximate surface area is 167 Å². The molecule has 5 heteroatoms. The van der Waals surface area contributed by atoms with E-state index in [2.05, 4.69) is 10.2 Å². The van der Waals surface area contributed by atoms with Crippen LogP contribution in [0.4, 0.5) is 0 Å². The number of benzene rings is 1. The molecular formula is C23H32N2O3. The first-order chi connectivity index (χ1) is 13.5. The van der Waals surface area contributed by atoms with Crippen molar-refractivity contribution in [3.63, 3.8) is 0 Å². The number of nitrogens with zero attached hydrogens (tertiary/aromatic N) is 1. The lowest BCUT2D eigenvalue weighted by atomic mass is 9.81. The van der Waals surface area contributed by atoms with Gasteiger partial charge in [0.15, 0.2) is 0 Å². The molecule has 1 aromatic carbocycles. The predicted octanol–water partition coefficient (Wildman–Crippen LogP) is 4.09. The molecule has 1 aliphatic heterocycles. The molecule has 0 radical (unpaired) electrons. The summed E-state index contributed by atoms with van der Waals surface area (Å²) in [6.45, 7) is 1.87. The van der Waals surface area contributed by atoms with Gasteiger partial charge < -0.3 is 9.64 Å². The Morgan fingerprint density at radius 1 is 1.04 bits per heavy atom. The molecule has 5 nitrogen and oxygen atoms in total. The van der Waals surface area contributed by atoms with Crippen molar-refractivity contribution in [2.75, 3.05) is 6.54 Å². The Morgan fingerprint density at radius 2 is 1.64 bits per heavy atom. The van der Waals surface area contributed by atoms with Crippen molar-refractivity contribution in [3.05, 3.63) is 35.9 Å². The standard InChI is InChI=1S/C23H32N2O3/c1-18(26)28-20(19-11-5-2-6-12-19)17-25-21(27)22(13-7-3-8-14-22)24-23(25)15-9-4-10-16-23/h2,5-6,11-12,20,24H,3-4,7-10,13-17H2,1H3. The fraction of sp³-hybridized carbons (Fsp3) is 0.652. The topological polar surface area (TPSA) is 58.6 Å². The number of ether oxygens (including phenoxy) is 1. The molecule has 1 saturated heterocycles. The third kappa shape index (κ3) is 3.57. The predicted molar refractivity (Wildman–Crippen MR) is 107 cm³/mol. The van der Waals surface area contributed by atoms with E-state index in [-0.39, 0.29) is 17.5 Å². The van der Waals surface area contributed by atoms with Crippen molar-refractivity contribution in [1.29, 1.82) is 0 Å². The van der Waals surface area contributed by atoms with E-state index in [1.165, 1.54) is 19.8 Å². The van der Waals surface area contributed by atoms with E-state index in [9.17, 15) is 9.59 Å². The van der Waals surface area contributed by atoms with Gasteiger partial charge in [-0.05, 0) is 44.1 Å². The zero-order valence-electron chi connectivity index (χ0n) is 16.9. The van der Waals surface area contributed by atoms with Gasteiger partial charge in [-0.2, -0.15) is 0 Å². The van der Waals surface area contributed by atoms with E-state index >= 15 is 0 Å². The van der Waals surface area contributed by atoms with Gasteiger partial charge in [-0.25, -0.2) is 0 Å². The number of hydrogen-bond donors (Lipinski definition) is 1. The quantitative estimate of drug-likeness (QED) is 0.795. The number of hydrogen-bond acceptors (Lipinski definition) is 4. The fourth-order valence-corrected chi connectivity index (χ4v) is 5.55. The van der Waals surface area contributed by atoms with Gasteiger partial charge in [0.05, 0.1) is 17.7 Å². The SMILES string of the molecule is CC(=O)OC(CN1C(=O)C2(CCCCC2)NC12CCCCC2)c1ccccc1. The second-order valence-corrected chi connectivity index (χ2v) is 8.78. The van der Waals surface area contributed by atoms with Crippen LogP contribution in [0.5, 0.6) is 0 Å². The molecular weight excluding hydrogens is 352 g/mol. The van der Waals surface area contributed by atoms with Crippen LogP contribution in [0, 0.1) is 0 Å². The summed E-state index contributed by atoms with van der Waals surface area (Å²) in [5.41, 5.74) is 0.258. The number of amides is 1. The molecule has 2 spiro atoms. The van der Waals surface area contributed by atoms with Crippen LogP contribution in [0.2, 0.25) is 0 Å². The van der Waals surface area contributed by atoms with E-state index in [0.717, 1.165) is 56.9 Å². The number of carbonyl (C=O) groups is 2. The van der Waals surface area contributed by atoms with Crippen LogP contribution in [0.15, 0.2) is 30.3 Å². The van der Waals surface area contributed by atoms with Crippen molar-refractivity contribution >= 4 is 11.9 Å². The van der Waals surface area contributed by atoms with Crippen LogP contribution in [0.1, 0.15) is 82.8 Å². The van der Waals surface area contributed by atoms with Crippen LogP contribution < -0.4 is 5.32 Å². The van der Waals surface area contributed by atoms with E-state index in [1.54, 1.807) is 0 Å². The maximum absolute atomic E-state index is 13.7. The lowest BCUT2D eigenvalue weighted by molar-refractivity contribution is -0.152. The van der Waals surface area contributed by atoms with Gasteiger partial charge in [0, 0.05) is 6.92 Å². The highest BCUT2D eigenvalue weighted by Crippen LogP contribution is 2.45. The summed E-state index contributed by atoms with van der Waals surface area (Å²) < 4.78 is 5.70. The Hall–Kier alpha value is -1.88. The molecule has 0 bridgehead atoms. The highest BCUT2D eigenvalue weighted by molar-refractivity contribution is 5.90. The Bertz CT molecular complexity index is 706. The molecule has 28 heavy (non-hydrogen) atoms. The van der Waals surface area contributed by atoms with Crippen LogP contribution >= 0.6 is 0 Å². The highest BCUT2D eigenvalue weighted by Gasteiger charge is 2.58. The van der Waals surface area contributed by atoms with Gasteiger partial charge >= 0.3 is 5.97 Å². The van der Waals surface area contributed by atoms with E-state index in [1.807, 2.05) is 30.3 Å². The van der Waals surface area contributed by atoms with Gasteiger partial charge in [0.2, 0.25) is 5.91 Å². The molecule has 4 rings (SSSR count). The van der Waals surface area contributed by atoms with Crippen LogP contribution in [-0.2, 0) is 14.3 Å². The maximum atomic E-state index is 13.7. The summed E-state index contributed by atoms with van der Waals surface area (Å²) in [5, 5.41) is 3.87. The Balaban J connectivity index is 1.65. The molecule has 3 aliphatic rings. The number of rotatable bonds is 4. The van der Waals surface area contributed by atoms with Gasteiger partial charge in [-0.3, -0.25) is 14.9 Å². The third-order valence-electron chi connectivity index (χ3n) is 6.86. The van der Waals surface area contributed by atoms with Crippen molar-refractivity contribution in [2.45, 2.75) is 88.4 Å². The van der Waals surface area contributed by atoms with Crippen molar-refractivity contribution < 1.29 is 14.3 Å². The van der Waals surface area contributed by atoms with Crippen LogP contribution in [0.25, 0.3) is 0 Å². The monoisotopic (exact) mass is 384 g/mol. The molecule has 3 fully saturated rings. The van der Waals surface area contributed by atoms with Gasteiger partial charge in [-0.15, -0.1) is 0 Å². The van der Waals surface area contributed by atoms with Crippen LogP contribution in [0.3, 0.4) is 0 Å². The molecule has 1 aromatic rings. The summed E-state index contributed by atoms with van der Waals surface area (Å²) in [6.07, 6.45) is 10.3. The van der Waals surface area contributed by atoms with E-state index in [4.69, 9.17) is 4.74 Å². The Morgan fingerprint density at radius 3 is 2.25 bits per heavy atom. The summed E-state index contributed by atoms with van der Waals surface area (Å²) in [4.78, 5) is 27.6. The minimum atomic E-state index is -0.429. The minimum Gasteiger partial charge on any atom is -0.456 e.